The predicted molar refractivity (Wildman–Crippen MR) is 112 cm³/mol. The number of benzene rings is 2. The van der Waals surface area contributed by atoms with E-state index in [9.17, 15) is 13.2 Å². The van der Waals surface area contributed by atoms with Gasteiger partial charge in [0.1, 0.15) is 0 Å². The highest BCUT2D eigenvalue weighted by atomic mass is 32.2. The molecule has 0 atom stereocenters. The van der Waals surface area contributed by atoms with Crippen molar-refractivity contribution in [2.75, 3.05) is 18.4 Å². The summed E-state index contributed by atoms with van der Waals surface area (Å²) in [6, 6.07) is 14.8. The molecule has 1 saturated heterocycles. The Bertz CT molecular complexity index is 884. The van der Waals surface area contributed by atoms with Crippen LogP contribution in [0, 0.1) is 0 Å². The number of nitrogens with zero attached hydrogens (tertiary/aromatic N) is 1. The van der Waals surface area contributed by atoms with Crippen molar-refractivity contribution < 1.29 is 13.2 Å². The topological polar surface area (TPSA) is 66.5 Å². The maximum atomic E-state index is 12.7. The van der Waals surface area contributed by atoms with Crippen molar-refractivity contribution in [3.63, 3.8) is 0 Å². The highest BCUT2D eigenvalue weighted by Gasteiger charge is 2.25. The van der Waals surface area contributed by atoms with E-state index >= 15 is 0 Å². The monoisotopic (exact) mass is 400 g/mol. The summed E-state index contributed by atoms with van der Waals surface area (Å²) < 4.78 is 26.9. The van der Waals surface area contributed by atoms with Crippen molar-refractivity contribution in [2.45, 2.75) is 50.3 Å². The fraction of sp³-hybridized carbons (Fsp3) is 0.409. The van der Waals surface area contributed by atoms with Crippen molar-refractivity contribution in [2.24, 2.45) is 0 Å². The average Bonchev–Trinajstić information content (AvgIpc) is 2.73. The molecule has 1 N–H and O–H groups in total. The van der Waals surface area contributed by atoms with Gasteiger partial charge in [-0.2, -0.15) is 4.31 Å². The summed E-state index contributed by atoms with van der Waals surface area (Å²) in [7, 11) is -3.44. The molecule has 0 saturated carbocycles. The first-order valence-corrected chi connectivity index (χ1v) is 11.4. The largest absolute Gasteiger partial charge is 0.326 e. The van der Waals surface area contributed by atoms with Crippen molar-refractivity contribution in [1.29, 1.82) is 0 Å². The zero-order chi connectivity index (χ0) is 20.0. The Labute approximate surface area is 167 Å². The van der Waals surface area contributed by atoms with Gasteiger partial charge in [-0.15, -0.1) is 0 Å². The first-order valence-electron chi connectivity index (χ1n) is 9.97. The molecule has 5 nitrogen and oxygen atoms in total. The quantitative estimate of drug-likeness (QED) is 0.764. The molecule has 0 aromatic heterocycles. The van der Waals surface area contributed by atoms with Gasteiger partial charge in [-0.3, -0.25) is 4.79 Å². The van der Waals surface area contributed by atoms with Crippen LogP contribution < -0.4 is 5.32 Å². The lowest BCUT2D eigenvalue weighted by atomic mass is 10.1. The van der Waals surface area contributed by atoms with E-state index in [1.54, 1.807) is 28.6 Å². The van der Waals surface area contributed by atoms with Gasteiger partial charge in [-0.1, -0.05) is 37.6 Å². The minimum absolute atomic E-state index is 0.0776. The number of sulfonamides is 1. The van der Waals surface area contributed by atoms with Gasteiger partial charge >= 0.3 is 0 Å². The number of hydrogen-bond donors (Lipinski definition) is 1. The molecule has 2 aromatic carbocycles. The lowest BCUT2D eigenvalue weighted by Gasteiger charge is -2.25. The minimum atomic E-state index is -3.44. The van der Waals surface area contributed by atoms with Crippen molar-refractivity contribution in [3.05, 3.63) is 59.7 Å². The molecule has 2 aromatic rings. The molecule has 0 unspecified atom stereocenters. The van der Waals surface area contributed by atoms with E-state index in [-0.39, 0.29) is 10.8 Å². The van der Waals surface area contributed by atoms with Crippen LogP contribution in [0.25, 0.3) is 0 Å². The molecule has 0 radical (unpaired) electrons. The number of nitrogens with one attached hydrogen (secondary N) is 1. The maximum absolute atomic E-state index is 12.7. The number of aryl methyl sites for hydroxylation is 2. The van der Waals surface area contributed by atoms with Crippen LogP contribution in [0.4, 0.5) is 5.69 Å². The first kappa shape index (κ1) is 20.6. The van der Waals surface area contributed by atoms with Crippen LogP contribution >= 0.6 is 0 Å². The van der Waals surface area contributed by atoms with Crippen LogP contribution in [-0.4, -0.2) is 31.7 Å². The molecule has 28 heavy (non-hydrogen) atoms. The minimum Gasteiger partial charge on any atom is -0.326 e. The van der Waals surface area contributed by atoms with Crippen LogP contribution in [0.2, 0.25) is 0 Å². The maximum Gasteiger partial charge on any atom is 0.243 e. The second-order valence-corrected chi connectivity index (χ2v) is 9.15. The van der Waals surface area contributed by atoms with E-state index in [2.05, 4.69) is 36.5 Å². The number of anilines is 1. The molecule has 1 aliphatic rings. The van der Waals surface area contributed by atoms with Crippen molar-refractivity contribution >= 4 is 21.6 Å². The first-order chi connectivity index (χ1) is 13.5. The van der Waals surface area contributed by atoms with Crippen LogP contribution in [0.3, 0.4) is 0 Å². The van der Waals surface area contributed by atoms with Gasteiger partial charge in [-0.25, -0.2) is 8.42 Å². The zero-order valence-electron chi connectivity index (χ0n) is 16.4. The molecule has 6 heteroatoms. The fourth-order valence-electron chi connectivity index (χ4n) is 3.39. The Kier molecular flexibility index (Phi) is 6.86. The van der Waals surface area contributed by atoms with Crippen molar-refractivity contribution in [3.8, 4) is 0 Å². The van der Waals surface area contributed by atoms with E-state index in [0.29, 0.717) is 31.6 Å². The molecular weight excluding hydrogens is 372 g/mol. The molecule has 0 bridgehead atoms. The molecular formula is C22H28N2O3S. The highest BCUT2D eigenvalue weighted by Crippen LogP contribution is 2.22. The Hall–Kier alpha value is -2.18. The van der Waals surface area contributed by atoms with Crippen LogP contribution in [0.5, 0.6) is 0 Å². The number of rotatable bonds is 7. The Morgan fingerprint density at radius 1 is 0.929 bits per heavy atom. The SMILES string of the molecule is CCc1ccc(CCC(=O)Nc2ccc(S(=O)(=O)N3CCCCC3)cc2)cc1. The third-order valence-electron chi connectivity index (χ3n) is 5.16. The highest BCUT2D eigenvalue weighted by molar-refractivity contribution is 7.89. The van der Waals surface area contributed by atoms with Gasteiger partial charge in [0.2, 0.25) is 15.9 Å². The third kappa shape index (κ3) is 5.20. The molecule has 1 amide bonds. The normalized spacial score (nSPS) is 15.3. The van der Waals surface area contributed by atoms with Gasteiger partial charge in [0.25, 0.3) is 0 Å². The van der Waals surface area contributed by atoms with Crippen LogP contribution in [0.1, 0.15) is 43.7 Å². The number of piperidine rings is 1. The van der Waals surface area contributed by atoms with E-state index in [1.165, 1.54) is 5.56 Å². The molecule has 1 aliphatic heterocycles. The summed E-state index contributed by atoms with van der Waals surface area (Å²) in [6.07, 6.45) is 4.98. The summed E-state index contributed by atoms with van der Waals surface area (Å²) in [5.74, 6) is -0.0776. The Balaban J connectivity index is 1.55. The zero-order valence-corrected chi connectivity index (χ0v) is 17.2. The second kappa shape index (κ2) is 9.34. The predicted octanol–water partition coefficient (Wildman–Crippen LogP) is 3.99. The fourth-order valence-corrected chi connectivity index (χ4v) is 4.90. The standard InChI is InChI=1S/C22H28N2O3S/c1-2-18-6-8-19(9-7-18)10-15-22(25)23-20-11-13-21(14-12-20)28(26,27)24-16-4-3-5-17-24/h6-9,11-14H,2-5,10,15-17H2,1H3,(H,23,25). The summed E-state index contributed by atoms with van der Waals surface area (Å²) in [5, 5.41) is 2.85. The van der Waals surface area contributed by atoms with E-state index in [1.807, 2.05) is 0 Å². The molecule has 0 spiro atoms. The molecule has 1 fully saturated rings. The van der Waals surface area contributed by atoms with Crippen LogP contribution in [-0.2, 0) is 27.7 Å². The smallest absolute Gasteiger partial charge is 0.243 e. The summed E-state index contributed by atoms with van der Waals surface area (Å²) in [5.41, 5.74) is 3.03. The van der Waals surface area contributed by atoms with Gasteiger partial charge in [-0.05, 0) is 61.1 Å². The number of amides is 1. The average molecular weight is 401 g/mol. The third-order valence-corrected chi connectivity index (χ3v) is 7.08. The molecule has 0 aliphatic carbocycles. The second-order valence-electron chi connectivity index (χ2n) is 7.21. The van der Waals surface area contributed by atoms with Gasteiger partial charge in [0.15, 0.2) is 0 Å². The summed E-state index contributed by atoms with van der Waals surface area (Å²) >= 11 is 0. The molecule has 1 heterocycles. The van der Waals surface area contributed by atoms with Crippen molar-refractivity contribution in [1.82, 2.24) is 4.31 Å². The Morgan fingerprint density at radius 3 is 2.14 bits per heavy atom. The molecule has 3 rings (SSSR count). The van der Waals surface area contributed by atoms with Gasteiger partial charge in [0.05, 0.1) is 4.90 Å². The Morgan fingerprint density at radius 2 is 1.54 bits per heavy atom. The number of carbonyl (C=O) groups is 1. The molecule has 150 valence electrons. The van der Waals surface area contributed by atoms with E-state index in [0.717, 1.165) is 31.2 Å². The number of hydrogen-bond acceptors (Lipinski definition) is 3. The lowest BCUT2D eigenvalue weighted by Crippen LogP contribution is -2.35. The van der Waals surface area contributed by atoms with Crippen LogP contribution in [0.15, 0.2) is 53.4 Å². The van der Waals surface area contributed by atoms with E-state index < -0.39 is 10.0 Å². The van der Waals surface area contributed by atoms with Gasteiger partial charge < -0.3 is 5.32 Å². The number of carbonyl (C=O) groups excluding carboxylic acids is 1. The van der Waals surface area contributed by atoms with Gasteiger partial charge in [0, 0.05) is 25.2 Å². The summed E-state index contributed by atoms with van der Waals surface area (Å²) in [4.78, 5) is 12.5. The lowest BCUT2D eigenvalue weighted by molar-refractivity contribution is -0.116. The summed E-state index contributed by atoms with van der Waals surface area (Å²) in [6.45, 7) is 3.28. The van der Waals surface area contributed by atoms with E-state index in [4.69, 9.17) is 0 Å².